The van der Waals surface area contributed by atoms with Crippen molar-refractivity contribution in [3.8, 4) is 11.4 Å². The Bertz CT molecular complexity index is 1280. The number of fused-ring (bicyclic) bond motifs is 1. The van der Waals surface area contributed by atoms with E-state index in [1.807, 2.05) is 36.4 Å². The maximum absolute atomic E-state index is 13.4. The summed E-state index contributed by atoms with van der Waals surface area (Å²) in [6.45, 7) is 0. The first-order valence-electron chi connectivity index (χ1n) is 8.86. The van der Waals surface area contributed by atoms with Crippen LogP contribution in [0.25, 0.3) is 28.7 Å². The van der Waals surface area contributed by atoms with E-state index in [2.05, 4.69) is 22.6 Å². The second kappa shape index (κ2) is 8.16. The van der Waals surface area contributed by atoms with E-state index in [1.54, 1.807) is 37.5 Å². The summed E-state index contributed by atoms with van der Waals surface area (Å²) in [5, 5.41) is 0.529. The van der Waals surface area contributed by atoms with Gasteiger partial charge in [-0.2, -0.15) is 0 Å². The monoisotopic (exact) mass is 498 g/mol. The number of methoxy groups -OCH3 is 1. The Morgan fingerprint density at radius 3 is 2.55 bits per heavy atom. The largest absolute Gasteiger partial charge is 0.495 e. The number of para-hydroxylation sites is 2. The molecule has 0 N–H and O–H groups in total. The van der Waals surface area contributed by atoms with E-state index in [9.17, 15) is 9.18 Å². The van der Waals surface area contributed by atoms with Gasteiger partial charge in [0.25, 0.3) is 5.56 Å². The third kappa shape index (κ3) is 3.93. The van der Waals surface area contributed by atoms with Crippen molar-refractivity contribution < 1.29 is 9.13 Å². The van der Waals surface area contributed by atoms with Gasteiger partial charge in [-0.05, 0) is 76.7 Å². The minimum absolute atomic E-state index is 0.184. The fourth-order valence-corrected chi connectivity index (χ4v) is 3.57. The zero-order valence-electron chi connectivity index (χ0n) is 15.5. The lowest BCUT2D eigenvalue weighted by Gasteiger charge is -2.14. The molecule has 0 aliphatic carbocycles. The molecule has 1 heterocycles. The minimum atomic E-state index is -0.300. The summed E-state index contributed by atoms with van der Waals surface area (Å²) in [4.78, 5) is 18.1. The smallest absolute Gasteiger partial charge is 0.266 e. The summed E-state index contributed by atoms with van der Waals surface area (Å²) in [6.07, 6.45) is 3.55. The van der Waals surface area contributed by atoms with Crippen molar-refractivity contribution in [3.63, 3.8) is 0 Å². The highest BCUT2D eigenvalue weighted by Gasteiger charge is 2.14. The van der Waals surface area contributed by atoms with E-state index in [-0.39, 0.29) is 11.4 Å². The van der Waals surface area contributed by atoms with Crippen molar-refractivity contribution in [2.75, 3.05) is 7.11 Å². The topological polar surface area (TPSA) is 44.1 Å². The number of hydrogen-bond acceptors (Lipinski definition) is 3. The molecule has 0 radical (unpaired) electrons. The molecule has 0 amide bonds. The molecule has 0 aliphatic heterocycles. The van der Waals surface area contributed by atoms with Crippen LogP contribution in [0.15, 0.2) is 71.5 Å². The van der Waals surface area contributed by atoms with Crippen LogP contribution in [0.3, 0.4) is 0 Å². The number of benzene rings is 3. The zero-order valence-corrected chi connectivity index (χ0v) is 17.6. The summed E-state index contributed by atoms with van der Waals surface area (Å²) >= 11 is 2.18. The average Bonchev–Trinajstić information content (AvgIpc) is 2.74. The van der Waals surface area contributed by atoms with Crippen LogP contribution in [0, 0.1) is 9.39 Å². The standard InChI is InChI=1S/C23H16FIN2O2/c1-29-21-5-3-2-4-20(21)27-22(13-8-15-6-9-16(24)10-7-15)26-19-12-11-17(25)14-18(19)23(27)28/h2-14H,1H3/b13-8+. The van der Waals surface area contributed by atoms with E-state index >= 15 is 0 Å². The molecular weight excluding hydrogens is 482 g/mol. The first kappa shape index (κ1) is 19.3. The number of hydrogen-bond donors (Lipinski definition) is 0. The Labute approximate surface area is 180 Å². The van der Waals surface area contributed by atoms with Gasteiger partial charge in [0.1, 0.15) is 17.4 Å². The van der Waals surface area contributed by atoms with E-state index < -0.39 is 0 Å². The van der Waals surface area contributed by atoms with Gasteiger partial charge in [-0.3, -0.25) is 9.36 Å². The molecule has 0 bridgehead atoms. The molecule has 4 rings (SSSR count). The van der Waals surface area contributed by atoms with Crippen molar-refractivity contribution in [2.45, 2.75) is 0 Å². The zero-order chi connectivity index (χ0) is 20.4. The van der Waals surface area contributed by atoms with E-state index in [4.69, 9.17) is 9.72 Å². The normalized spacial score (nSPS) is 11.3. The predicted octanol–water partition coefficient (Wildman–Crippen LogP) is 5.31. The molecule has 1 aromatic heterocycles. The van der Waals surface area contributed by atoms with E-state index in [0.29, 0.717) is 28.2 Å². The molecular formula is C23H16FIN2O2. The fourth-order valence-electron chi connectivity index (χ4n) is 3.08. The van der Waals surface area contributed by atoms with Crippen molar-refractivity contribution in [1.29, 1.82) is 0 Å². The van der Waals surface area contributed by atoms with Crippen LogP contribution in [-0.4, -0.2) is 16.7 Å². The highest BCUT2D eigenvalue weighted by atomic mass is 127. The molecule has 0 unspecified atom stereocenters. The van der Waals surface area contributed by atoms with Crippen molar-refractivity contribution >= 4 is 45.6 Å². The number of aromatic nitrogens is 2. The average molecular weight is 498 g/mol. The summed E-state index contributed by atoms with van der Waals surface area (Å²) in [5.41, 5.74) is 1.83. The molecule has 0 aliphatic rings. The molecule has 144 valence electrons. The summed E-state index contributed by atoms with van der Waals surface area (Å²) < 4.78 is 21.1. The van der Waals surface area contributed by atoms with Crippen molar-refractivity contribution in [3.05, 3.63) is 97.9 Å². The highest BCUT2D eigenvalue weighted by Crippen LogP contribution is 2.24. The van der Waals surface area contributed by atoms with Crippen molar-refractivity contribution in [1.82, 2.24) is 9.55 Å². The Morgan fingerprint density at radius 1 is 1.03 bits per heavy atom. The van der Waals surface area contributed by atoms with Crippen LogP contribution in [0.5, 0.6) is 5.75 Å². The molecule has 29 heavy (non-hydrogen) atoms. The van der Waals surface area contributed by atoms with Gasteiger partial charge in [-0.1, -0.05) is 30.3 Å². The van der Waals surface area contributed by atoms with E-state index in [0.717, 1.165) is 9.13 Å². The first-order chi connectivity index (χ1) is 14.1. The molecule has 4 nitrogen and oxygen atoms in total. The molecule has 0 atom stereocenters. The Hall–Kier alpha value is -3.00. The maximum atomic E-state index is 13.4. The van der Waals surface area contributed by atoms with Crippen LogP contribution in [0.2, 0.25) is 0 Å². The molecule has 3 aromatic carbocycles. The Kier molecular flexibility index (Phi) is 5.44. The van der Waals surface area contributed by atoms with Gasteiger partial charge in [-0.15, -0.1) is 0 Å². The predicted molar refractivity (Wildman–Crippen MR) is 122 cm³/mol. The quantitative estimate of drug-likeness (QED) is 0.359. The van der Waals surface area contributed by atoms with Crippen molar-refractivity contribution in [2.24, 2.45) is 0 Å². The van der Waals surface area contributed by atoms with Crippen LogP contribution in [0.1, 0.15) is 11.4 Å². The molecule has 0 fully saturated rings. The van der Waals surface area contributed by atoms with Crippen LogP contribution < -0.4 is 10.3 Å². The molecule has 0 spiro atoms. The number of rotatable bonds is 4. The Balaban J connectivity index is 1.98. The van der Waals surface area contributed by atoms with Gasteiger partial charge in [0.15, 0.2) is 0 Å². The third-order valence-electron chi connectivity index (χ3n) is 4.48. The lowest BCUT2D eigenvalue weighted by Crippen LogP contribution is -2.23. The summed E-state index contributed by atoms with van der Waals surface area (Å²) in [5.74, 6) is 0.724. The molecule has 4 aromatic rings. The number of ether oxygens (including phenoxy) is 1. The Morgan fingerprint density at radius 2 is 1.79 bits per heavy atom. The van der Waals surface area contributed by atoms with E-state index in [1.165, 1.54) is 16.7 Å². The minimum Gasteiger partial charge on any atom is -0.495 e. The van der Waals surface area contributed by atoms with Gasteiger partial charge in [0.2, 0.25) is 0 Å². The molecule has 0 saturated heterocycles. The van der Waals surface area contributed by atoms with Gasteiger partial charge in [0.05, 0.1) is 23.7 Å². The lowest BCUT2D eigenvalue weighted by molar-refractivity contribution is 0.412. The maximum Gasteiger partial charge on any atom is 0.266 e. The second-order valence-corrected chi connectivity index (χ2v) is 7.57. The van der Waals surface area contributed by atoms with Gasteiger partial charge < -0.3 is 4.74 Å². The van der Waals surface area contributed by atoms with Crippen LogP contribution in [-0.2, 0) is 0 Å². The highest BCUT2D eigenvalue weighted by molar-refractivity contribution is 14.1. The lowest BCUT2D eigenvalue weighted by atomic mass is 10.2. The summed E-state index contributed by atoms with van der Waals surface area (Å²) in [6, 6.07) is 19.0. The van der Waals surface area contributed by atoms with Gasteiger partial charge in [0, 0.05) is 3.57 Å². The molecule has 0 saturated carbocycles. The number of nitrogens with zero attached hydrogens (tertiary/aromatic N) is 2. The fraction of sp³-hybridized carbons (Fsp3) is 0.0435. The molecule has 6 heteroatoms. The summed E-state index contributed by atoms with van der Waals surface area (Å²) in [7, 11) is 1.56. The van der Waals surface area contributed by atoms with Crippen LogP contribution >= 0.6 is 22.6 Å². The third-order valence-corrected chi connectivity index (χ3v) is 5.15. The first-order valence-corrected chi connectivity index (χ1v) is 9.94. The SMILES string of the molecule is COc1ccccc1-n1c(/C=C/c2ccc(F)cc2)nc2ccc(I)cc2c1=O. The second-order valence-electron chi connectivity index (χ2n) is 6.33. The van der Waals surface area contributed by atoms with Crippen LogP contribution in [0.4, 0.5) is 4.39 Å². The van der Waals surface area contributed by atoms with Gasteiger partial charge in [-0.25, -0.2) is 9.37 Å². The number of halogens is 2. The van der Waals surface area contributed by atoms with Gasteiger partial charge >= 0.3 is 0 Å².